The molecule has 0 aliphatic rings. The van der Waals surface area contributed by atoms with Gasteiger partial charge in [-0.3, -0.25) is 0 Å². The van der Waals surface area contributed by atoms with E-state index in [2.05, 4.69) is 44.9 Å². The van der Waals surface area contributed by atoms with Gasteiger partial charge in [-0.05, 0) is 13.8 Å². The van der Waals surface area contributed by atoms with E-state index in [1.165, 1.54) is 5.57 Å². The Morgan fingerprint density at radius 3 is 1.80 bits per heavy atom. The van der Waals surface area contributed by atoms with Crippen LogP contribution in [0.2, 0.25) is 13.1 Å². The molecule has 0 aromatic carbocycles. The second-order valence-corrected chi connectivity index (χ2v) is 7.59. The van der Waals surface area contributed by atoms with Crippen LogP contribution in [0.25, 0.3) is 0 Å². The fourth-order valence-corrected chi connectivity index (χ4v) is 2.41. The second-order valence-electron chi connectivity index (χ2n) is 3.25. The van der Waals surface area contributed by atoms with Gasteiger partial charge in [0.05, 0.1) is 8.07 Å². The lowest BCUT2D eigenvalue weighted by Gasteiger charge is -2.10. The first kappa shape index (κ1) is 12.3. The molecule has 0 heterocycles. The molecular formula is C8H19NSi. The van der Waals surface area contributed by atoms with Crippen molar-refractivity contribution < 1.29 is 0 Å². The monoisotopic (exact) mass is 157 g/mol. The molecule has 0 amide bonds. The van der Waals surface area contributed by atoms with Gasteiger partial charge in [0.25, 0.3) is 0 Å². The maximum Gasteiger partial charge on any atom is 0.0947 e. The third-order valence-corrected chi connectivity index (χ3v) is 3.56. The Hall–Kier alpha value is -0.343. The molecule has 0 bridgehead atoms. The highest BCUT2D eigenvalue weighted by Gasteiger charge is 2.10. The lowest BCUT2D eigenvalue weighted by molar-refractivity contribution is 1.40. The van der Waals surface area contributed by atoms with Gasteiger partial charge in [0.2, 0.25) is 0 Å². The van der Waals surface area contributed by atoms with Gasteiger partial charge in [0.15, 0.2) is 0 Å². The van der Waals surface area contributed by atoms with Gasteiger partial charge in [-0.2, -0.15) is 0 Å². The topological polar surface area (TPSA) is 35.0 Å². The van der Waals surface area contributed by atoms with Crippen molar-refractivity contribution in [2.75, 3.05) is 0 Å². The van der Waals surface area contributed by atoms with Crippen molar-refractivity contribution in [1.82, 2.24) is 6.15 Å². The summed E-state index contributed by atoms with van der Waals surface area (Å²) in [6.45, 7) is 12.6. The third kappa shape index (κ3) is 5.79. The summed E-state index contributed by atoms with van der Waals surface area (Å²) in [6.07, 6.45) is 0. The maximum atomic E-state index is 3.80. The third-order valence-electron chi connectivity index (χ3n) is 1.19. The molecule has 0 saturated heterocycles. The van der Waals surface area contributed by atoms with Crippen LogP contribution < -0.4 is 6.15 Å². The number of hydrogen-bond acceptors (Lipinski definition) is 1. The molecule has 0 aromatic heterocycles. The molecule has 0 radical (unpaired) electrons. The summed E-state index contributed by atoms with van der Waals surface area (Å²) in [5, 5.41) is 0. The highest BCUT2D eigenvalue weighted by atomic mass is 28.3. The van der Waals surface area contributed by atoms with Gasteiger partial charge >= 0.3 is 0 Å². The average Bonchev–Trinajstić information content (AvgIpc) is 1.63. The first-order valence-electron chi connectivity index (χ1n) is 3.27. The van der Waals surface area contributed by atoms with Crippen molar-refractivity contribution in [3.05, 3.63) is 23.6 Å². The first-order chi connectivity index (χ1) is 3.98. The zero-order valence-electron chi connectivity index (χ0n) is 7.57. The van der Waals surface area contributed by atoms with E-state index in [9.17, 15) is 0 Å². The van der Waals surface area contributed by atoms with E-state index in [1.54, 1.807) is 0 Å². The Bertz CT molecular complexity index is 132. The Balaban J connectivity index is 0. The van der Waals surface area contributed by atoms with Crippen molar-refractivity contribution in [3.63, 3.8) is 0 Å². The molecular weight excluding hydrogens is 138 g/mol. The Morgan fingerprint density at radius 2 is 1.70 bits per heavy atom. The van der Waals surface area contributed by atoms with E-state index >= 15 is 0 Å². The molecule has 0 aromatic rings. The minimum atomic E-state index is -1.14. The molecule has 0 spiro atoms. The minimum Gasteiger partial charge on any atom is -0.344 e. The maximum absolute atomic E-state index is 3.80. The molecule has 1 nitrogen and oxygen atoms in total. The average molecular weight is 157 g/mol. The van der Waals surface area contributed by atoms with Gasteiger partial charge in [0.1, 0.15) is 0 Å². The van der Waals surface area contributed by atoms with Crippen molar-refractivity contribution in [1.29, 1.82) is 0 Å². The van der Waals surface area contributed by atoms with Crippen molar-refractivity contribution in [2.45, 2.75) is 26.9 Å². The summed E-state index contributed by atoms with van der Waals surface area (Å²) in [5.74, 6) is 0. The summed E-state index contributed by atoms with van der Waals surface area (Å²) in [5.41, 5.74) is 5.85. The zero-order valence-corrected chi connectivity index (χ0v) is 8.57. The normalized spacial score (nSPS) is 9.60. The summed E-state index contributed by atoms with van der Waals surface area (Å²) in [6, 6.07) is 0. The van der Waals surface area contributed by atoms with Crippen LogP contribution >= 0.6 is 0 Å². The summed E-state index contributed by atoms with van der Waals surface area (Å²) >= 11 is 0. The lowest BCUT2D eigenvalue weighted by atomic mass is 10.4. The quantitative estimate of drug-likeness (QED) is 0.614. The Kier molecular flexibility index (Phi) is 5.52. The number of hydrogen-bond donors (Lipinski definition) is 1. The van der Waals surface area contributed by atoms with Crippen molar-refractivity contribution in [3.8, 4) is 0 Å². The van der Waals surface area contributed by atoms with E-state index in [-0.39, 0.29) is 6.15 Å². The molecule has 10 heavy (non-hydrogen) atoms. The molecule has 0 unspecified atom stereocenters. The Labute approximate surface area is 65.4 Å². The molecule has 2 heteroatoms. The fraction of sp³-hybridized carbons (Fsp3) is 0.500. The van der Waals surface area contributed by atoms with Crippen LogP contribution in [0.5, 0.6) is 0 Å². The van der Waals surface area contributed by atoms with E-state index in [0.29, 0.717) is 0 Å². The molecule has 0 aliphatic carbocycles. The fourth-order valence-electron chi connectivity index (χ4n) is 0.803. The molecule has 3 N–H and O–H groups in total. The highest BCUT2D eigenvalue weighted by molar-refractivity contribution is 6.86. The van der Waals surface area contributed by atoms with Gasteiger partial charge in [-0.1, -0.05) is 30.1 Å². The van der Waals surface area contributed by atoms with Gasteiger partial charge < -0.3 is 6.15 Å². The highest BCUT2D eigenvalue weighted by Crippen LogP contribution is 2.07. The SMILES string of the molecule is C=C[Si](C)(C)C=C(C)C.N. The van der Waals surface area contributed by atoms with E-state index in [0.717, 1.165) is 0 Å². The van der Waals surface area contributed by atoms with Crippen LogP contribution in [-0.4, -0.2) is 8.07 Å². The van der Waals surface area contributed by atoms with Crippen molar-refractivity contribution >= 4 is 8.07 Å². The predicted octanol–water partition coefficient (Wildman–Crippen LogP) is 3.09. The zero-order chi connectivity index (χ0) is 7.49. The van der Waals surface area contributed by atoms with Gasteiger partial charge in [-0.25, -0.2) is 0 Å². The molecule has 60 valence electrons. The molecule has 0 fully saturated rings. The summed E-state index contributed by atoms with van der Waals surface area (Å²) < 4.78 is 0. The van der Waals surface area contributed by atoms with Gasteiger partial charge in [-0.15, -0.1) is 6.58 Å². The van der Waals surface area contributed by atoms with Gasteiger partial charge in [0, 0.05) is 0 Å². The van der Waals surface area contributed by atoms with E-state index < -0.39 is 8.07 Å². The van der Waals surface area contributed by atoms with E-state index in [4.69, 9.17) is 0 Å². The molecule has 0 atom stereocenters. The standard InChI is InChI=1S/C8H16Si.H3N/c1-6-9(4,5)7-8(2)3;/h6-7H,1H2,2-5H3;1H3. The first-order valence-corrected chi connectivity index (χ1v) is 6.43. The lowest BCUT2D eigenvalue weighted by Crippen LogP contribution is -2.18. The molecule has 0 aliphatic heterocycles. The van der Waals surface area contributed by atoms with Crippen LogP contribution in [0.4, 0.5) is 0 Å². The largest absolute Gasteiger partial charge is 0.344 e. The molecule has 0 rings (SSSR count). The van der Waals surface area contributed by atoms with Crippen LogP contribution in [0.3, 0.4) is 0 Å². The second kappa shape index (κ2) is 4.47. The minimum absolute atomic E-state index is 0. The molecule has 0 saturated carbocycles. The summed E-state index contributed by atoms with van der Waals surface area (Å²) in [7, 11) is -1.14. The van der Waals surface area contributed by atoms with E-state index in [1.807, 2.05) is 0 Å². The number of rotatable bonds is 2. The number of allylic oxidation sites excluding steroid dienone is 1. The van der Waals surface area contributed by atoms with Crippen LogP contribution in [0.15, 0.2) is 23.6 Å². The smallest absolute Gasteiger partial charge is 0.0947 e. The van der Waals surface area contributed by atoms with Crippen LogP contribution in [0.1, 0.15) is 13.8 Å². The van der Waals surface area contributed by atoms with Crippen molar-refractivity contribution in [2.24, 2.45) is 0 Å². The Morgan fingerprint density at radius 1 is 1.30 bits per heavy atom. The van der Waals surface area contributed by atoms with Crippen LogP contribution in [-0.2, 0) is 0 Å². The predicted molar refractivity (Wildman–Crippen MR) is 52.1 cm³/mol. The van der Waals surface area contributed by atoms with Crippen LogP contribution in [0, 0.1) is 0 Å². The summed E-state index contributed by atoms with van der Waals surface area (Å²) in [4.78, 5) is 0.